The van der Waals surface area contributed by atoms with E-state index in [2.05, 4.69) is 0 Å². The Labute approximate surface area is 224 Å². The lowest BCUT2D eigenvalue weighted by molar-refractivity contribution is -0.111. The van der Waals surface area contributed by atoms with Gasteiger partial charge in [-0.25, -0.2) is 0 Å². The van der Waals surface area contributed by atoms with Gasteiger partial charge >= 0.3 is 0 Å². The van der Waals surface area contributed by atoms with E-state index in [1.807, 2.05) is 48.6 Å². The van der Waals surface area contributed by atoms with Crippen LogP contribution in [0.2, 0.25) is 0 Å². The largest absolute Gasteiger partial charge is 0.493 e. The number of rotatable bonds is 8. The van der Waals surface area contributed by atoms with Gasteiger partial charge in [-0.2, -0.15) is 0 Å². The number of ether oxygens (including phenoxy) is 6. The highest BCUT2D eigenvalue weighted by Crippen LogP contribution is 2.35. The molecular formula is C31H36O7. The van der Waals surface area contributed by atoms with Crippen molar-refractivity contribution < 1.29 is 33.2 Å². The summed E-state index contributed by atoms with van der Waals surface area (Å²) in [7, 11) is 3.26. The molecule has 2 aliphatic heterocycles. The number of ketones is 1. The fourth-order valence-corrected chi connectivity index (χ4v) is 5.09. The number of carbonyl (C=O) groups is 1. The van der Waals surface area contributed by atoms with Crippen LogP contribution in [0.15, 0.2) is 47.5 Å². The Morgan fingerprint density at radius 3 is 1.58 bits per heavy atom. The van der Waals surface area contributed by atoms with Gasteiger partial charge in [-0.15, -0.1) is 0 Å². The summed E-state index contributed by atoms with van der Waals surface area (Å²) in [5, 5.41) is 0. The number of Topliss-reactive ketones (excluding diaryl/α,β-unsaturated/α-hetero) is 1. The van der Waals surface area contributed by atoms with E-state index in [4.69, 9.17) is 28.4 Å². The van der Waals surface area contributed by atoms with E-state index in [0.717, 1.165) is 61.2 Å². The molecule has 1 saturated carbocycles. The van der Waals surface area contributed by atoms with Gasteiger partial charge in [0.25, 0.3) is 0 Å². The molecule has 2 aromatic rings. The predicted molar refractivity (Wildman–Crippen MR) is 145 cm³/mol. The van der Waals surface area contributed by atoms with Crippen LogP contribution in [0, 0.1) is 0 Å². The lowest BCUT2D eigenvalue weighted by Gasteiger charge is -2.24. The number of methoxy groups -OCH3 is 2. The first kappa shape index (κ1) is 26.3. The standard InChI is InChI=1S/C31H36O7/c1-33-29-17-21(7-11-27(29)37-25-5-3-13-35-19-25)15-23-9-10-24(31(23)32)16-22-8-12-28(30(18-22)34-2)38-26-6-4-14-36-20-26/h7-8,11-12,15-18,25-26H,3-6,9-10,13-14,19-20H2,1-2H3/b23-15+,24-16+. The lowest BCUT2D eigenvalue weighted by atomic mass is 10.1. The molecule has 3 aliphatic rings. The lowest BCUT2D eigenvalue weighted by Crippen LogP contribution is -2.28. The smallest absolute Gasteiger partial charge is 0.185 e. The summed E-state index contributed by atoms with van der Waals surface area (Å²) >= 11 is 0. The Morgan fingerprint density at radius 2 is 1.18 bits per heavy atom. The second-order valence-electron chi connectivity index (χ2n) is 9.90. The predicted octanol–water partition coefficient (Wildman–Crippen LogP) is 5.65. The van der Waals surface area contributed by atoms with Crippen molar-refractivity contribution in [1.82, 2.24) is 0 Å². The third-order valence-electron chi connectivity index (χ3n) is 7.13. The molecule has 1 aliphatic carbocycles. The highest BCUT2D eigenvalue weighted by Gasteiger charge is 2.24. The second-order valence-corrected chi connectivity index (χ2v) is 9.90. The zero-order valence-corrected chi connectivity index (χ0v) is 22.2. The van der Waals surface area contributed by atoms with E-state index in [0.29, 0.717) is 49.1 Å². The summed E-state index contributed by atoms with van der Waals surface area (Å²) in [4.78, 5) is 13.2. The highest BCUT2D eigenvalue weighted by atomic mass is 16.6. The molecule has 2 atom stereocenters. The van der Waals surface area contributed by atoms with E-state index in [1.54, 1.807) is 14.2 Å². The first-order valence-electron chi connectivity index (χ1n) is 13.4. The van der Waals surface area contributed by atoms with E-state index in [1.165, 1.54) is 0 Å². The van der Waals surface area contributed by atoms with Crippen LogP contribution in [0.4, 0.5) is 0 Å². The van der Waals surface area contributed by atoms with Gasteiger partial charge in [0.1, 0.15) is 12.2 Å². The summed E-state index contributed by atoms with van der Waals surface area (Å²) < 4.78 is 34.4. The molecule has 2 aromatic carbocycles. The summed E-state index contributed by atoms with van der Waals surface area (Å²) in [5.74, 6) is 2.77. The molecule has 7 heteroatoms. The quantitative estimate of drug-likeness (QED) is 0.417. The first-order valence-corrected chi connectivity index (χ1v) is 13.4. The van der Waals surface area contributed by atoms with Gasteiger partial charge in [0.05, 0.1) is 27.4 Å². The van der Waals surface area contributed by atoms with Gasteiger partial charge in [0.2, 0.25) is 0 Å². The number of hydrogen-bond acceptors (Lipinski definition) is 7. The molecule has 5 rings (SSSR count). The normalized spacial score (nSPS) is 24.0. The first-order chi connectivity index (χ1) is 18.6. The monoisotopic (exact) mass is 520 g/mol. The van der Waals surface area contributed by atoms with Crippen LogP contribution in [0.25, 0.3) is 12.2 Å². The molecule has 2 saturated heterocycles. The van der Waals surface area contributed by atoms with Crippen LogP contribution in [0.3, 0.4) is 0 Å². The minimum absolute atomic E-state index is 0.0338. The van der Waals surface area contributed by atoms with Crippen LogP contribution in [0.5, 0.6) is 23.0 Å². The molecule has 0 spiro atoms. The maximum atomic E-state index is 13.2. The topological polar surface area (TPSA) is 72.5 Å². The van der Waals surface area contributed by atoms with Crippen molar-refractivity contribution in [3.63, 3.8) is 0 Å². The van der Waals surface area contributed by atoms with Crippen molar-refractivity contribution in [3.05, 3.63) is 58.7 Å². The molecule has 2 heterocycles. The molecule has 0 N–H and O–H groups in total. The average Bonchev–Trinajstić information content (AvgIpc) is 3.29. The third kappa shape index (κ3) is 6.40. The minimum Gasteiger partial charge on any atom is -0.493 e. The molecule has 0 radical (unpaired) electrons. The maximum absolute atomic E-state index is 13.2. The average molecular weight is 521 g/mol. The molecule has 0 amide bonds. The molecule has 2 unspecified atom stereocenters. The molecule has 7 nitrogen and oxygen atoms in total. The van der Waals surface area contributed by atoms with Crippen molar-refractivity contribution in [2.75, 3.05) is 40.6 Å². The van der Waals surface area contributed by atoms with Crippen LogP contribution < -0.4 is 18.9 Å². The molecule has 202 valence electrons. The number of hydrogen-bond donors (Lipinski definition) is 0. The molecule has 0 bridgehead atoms. The van der Waals surface area contributed by atoms with Crippen molar-refractivity contribution in [2.45, 2.75) is 50.7 Å². The maximum Gasteiger partial charge on any atom is 0.185 e. The highest BCUT2D eigenvalue weighted by molar-refractivity contribution is 6.15. The van der Waals surface area contributed by atoms with Crippen LogP contribution >= 0.6 is 0 Å². The van der Waals surface area contributed by atoms with E-state index in [9.17, 15) is 4.79 Å². The minimum atomic E-state index is 0.0338. The number of benzene rings is 2. The molecular weight excluding hydrogens is 484 g/mol. The summed E-state index contributed by atoms with van der Waals surface area (Å²) in [6, 6.07) is 11.6. The van der Waals surface area contributed by atoms with Crippen LogP contribution in [0.1, 0.15) is 49.7 Å². The Balaban J connectivity index is 1.27. The third-order valence-corrected chi connectivity index (χ3v) is 7.13. The summed E-state index contributed by atoms with van der Waals surface area (Å²) in [6.45, 7) is 2.76. The number of carbonyl (C=O) groups excluding carboxylic acids is 1. The fraction of sp³-hybridized carbons (Fsp3) is 0.452. The van der Waals surface area contributed by atoms with Gasteiger partial charge in [-0.1, -0.05) is 12.1 Å². The van der Waals surface area contributed by atoms with Crippen molar-refractivity contribution in [3.8, 4) is 23.0 Å². The van der Waals surface area contributed by atoms with Crippen molar-refractivity contribution in [1.29, 1.82) is 0 Å². The van der Waals surface area contributed by atoms with E-state index >= 15 is 0 Å². The van der Waals surface area contributed by atoms with Gasteiger partial charge in [-0.05, 0) is 86.1 Å². The molecule has 38 heavy (non-hydrogen) atoms. The van der Waals surface area contributed by atoms with Crippen molar-refractivity contribution >= 4 is 17.9 Å². The Kier molecular flexibility index (Phi) is 8.66. The fourth-order valence-electron chi connectivity index (χ4n) is 5.09. The van der Waals surface area contributed by atoms with E-state index < -0.39 is 0 Å². The van der Waals surface area contributed by atoms with Crippen molar-refractivity contribution in [2.24, 2.45) is 0 Å². The van der Waals surface area contributed by atoms with Gasteiger partial charge in [0.15, 0.2) is 28.8 Å². The van der Waals surface area contributed by atoms with Gasteiger partial charge in [-0.3, -0.25) is 4.79 Å². The Morgan fingerprint density at radius 1 is 0.711 bits per heavy atom. The summed E-state index contributed by atoms with van der Waals surface area (Å²) in [6.07, 6.45) is 9.29. The van der Waals surface area contributed by atoms with Gasteiger partial charge in [0, 0.05) is 24.4 Å². The molecule has 3 fully saturated rings. The zero-order chi connectivity index (χ0) is 26.3. The Hall–Kier alpha value is -3.29. The number of allylic oxidation sites excluding steroid dienone is 2. The SMILES string of the molecule is COc1cc(/C=C2\CC/C(=C\c3ccc(OC4CCCOC4)c(OC)c3)C2=O)ccc1OC1CCCOC1. The van der Waals surface area contributed by atoms with E-state index in [-0.39, 0.29) is 18.0 Å². The van der Waals surface area contributed by atoms with Gasteiger partial charge < -0.3 is 28.4 Å². The Bertz CT molecular complexity index is 1100. The zero-order valence-electron chi connectivity index (χ0n) is 22.2. The van der Waals surface area contributed by atoms with Crippen LogP contribution in [-0.4, -0.2) is 58.6 Å². The molecule has 0 aromatic heterocycles. The summed E-state index contributed by atoms with van der Waals surface area (Å²) in [5.41, 5.74) is 3.40. The second kappa shape index (κ2) is 12.5. The van der Waals surface area contributed by atoms with Crippen LogP contribution in [-0.2, 0) is 14.3 Å².